The highest BCUT2D eigenvalue weighted by atomic mass is 32.3. The molecule has 4 saturated carbocycles. The molecule has 22 heteroatoms. The summed E-state index contributed by atoms with van der Waals surface area (Å²) < 4.78 is 86.2. The van der Waals surface area contributed by atoms with Gasteiger partial charge >= 0.3 is 10.4 Å². The maximum absolute atomic E-state index is 12.2. The quantitative estimate of drug-likeness (QED) is 0.0725. The monoisotopic (exact) mass is 994 g/mol. The van der Waals surface area contributed by atoms with Crippen LogP contribution in [0.5, 0.6) is 0 Å². The second kappa shape index (κ2) is 17.8. The Bertz CT molecular complexity index is 2000. The number of rotatable bonds is 11. The van der Waals surface area contributed by atoms with Gasteiger partial charge in [0.2, 0.25) is 0 Å². The number of fused-ring (bicyclic) bond motifs is 4. The predicted molar refractivity (Wildman–Crippen MR) is 230 cm³/mol. The molecule has 68 heavy (non-hydrogen) atoms. The first-order valence-corrected chi connectivity index (χ1v) is 25.6. The van der Waals surface area contributed by atoms with Crippen molar-refractivity contribution in [2.75, 3.05) is 19.8 Å². The molecule has 0 aromatic heterocycles. The molecule has 0 radical (unpaired) electrons. The lowest BCUT2D eigenvalue weighted by atomic mass is 9.35. The van der Waals surface area contributed by atoms with Gasteiger partial charge in [-0.15, -0.1) is 0 Å². The topological polar surface area (TPSA) is 320 Å². The normalized spacial score (nSPS) is 55.2. The summed E-state index contributed by atoms with van der Waals surface area (Å²) in [5, 5.41) is 98.7. The SMILES string of the molecule is CC(C)=C[C@H]1CC(C)(O)C2C3CCC4[C@@]5(C)CC[C@H](O[C@@H]6O[C@H](O)[C@@H](O)[C@H](O[C@@H]7O[C@H](COS(=O)(=O)O)[C@@H](O)[C@H](O)[C@H]7O)[C@H]6O[C@@H]6O[C@@H](CO)[C@H](O)[C@H]6O)C(C)(C)C5CC[C@@]4(C)[C@@]34CO[C@@]2(C4)O1. The summed E-state index contributed by atoms with van der Waals surface area (Å²) in [6.07, 6.45) is -17.8. The zero-order chi connectivity index (χ0) is 49.5. The third kappa shape index (κ3) is 8.20. The number of allylic oxidation sites excluding steroid dienone is 1. The zero-order valence-corrected chi connectivity index (χ0v) is 40.6. The van der Waals surface area contributed by atoms with E-state index in [1.165, 1.54) is 0 Å². The minimum absolute atomic E-state index is 0.104. The van der Waals surface area contributed by atoms with Gasteiger partial charge in [-0.25, -0.2) is 4.18 Å². The van der Waals surface area contributed by atoms with E-state index >= 15 is 0 Å². The minimum atomic E-state index is -5.05. The first-order valence-electron chi connectivity index (χ1n) is 24.2. The van der Waals surface area contributed by atoms with E-state index in [1.807, 2.05) is 20.8 Å². The van der Waals surface area contributed by atoms with Crippen LogP contribution in [0.15, 0.2) is 11.6 Å². The molecule has 2 bridgehead atoms. The Morgan fingerprint density at radius 2 is 1.38 bits per heavy atom. The summed E-state index contributed by atoms with van der Waals surface area (Å²) in [4.78, 5) is 0. The molecule has 5 unspecified atom stereocenters. The molecule has 5 aliphatic heterocycles. The van der Waals surface area contributed by atoms with Crippen molar-refractivity contribution in [3.05, 3.63) is 11.6 Å². The standard InChI is InChI=1S/C46H74O21S/c1-20(2)14-21-15-44(7,55)36-22-8-9-26-42(5)12-11-27(41(3,4)25(42)10-13-43(26,6)45(22)18-46(36,67-21)59-19-45)63-40-35(65-38-31(51)28(48)23(16-47)61-38)34(33(53)37(54)66-40)64-39-32(52)30(50)29(49)24(62-39)17-60-68(56,57)58/h14,21-40,47-55H,8-13,15-19H2,1-7H3,(H,56,57,58)/t21-,22?,23-,24+,25?,26?,27-,28-,29+,30-,31+,32+,33-,34-,35+,36?,37-,38-,39-,40+,42-,43+,44?,45-,46-/m0/s1. The maximum atomic E-state index is 12.2. The number of hydrogen-bond donors (Lipinski definition) is 10. The van der Waals surface area contributed by atoms with Crippen LogP contribution in [-0.4, -0.2) is 189 Å². The number of aliphatic hydroxyl groups is 9. The van der Waals surface area contributed by atoms with Crippen LogP contribution in [0.1, 0.15) is 99.8 Å². The van der Waals surface area contributed by atoms with Crippen molar-refractivity contribution in [1.29, 1.82) is 0 Å². The average Bonchev–Trinajstić information content (AvgIpc) is 3.86. The number of ether oxygens (including phenoxy) is 8. The zero-order valence-electron chi connectivity index (χ0n) is 39.8. The van der Waals surface area contributed by atoms with Crippen LogP contribution < -0.4 is 0 Å². The van der Waals surface area contributed by atoms with Crippen LogP contribution in [0.2, 0.25) is 0 Å². The van der Waals surface area contributed by atoms with E-state index in [2.05, 4.69) is 38.0 Å². The maximum Gasteiger partial charge on any atom is 0.397 e. The Morgan fingerprint density at radius 1 is 0.735 bits per heavy atom. The van der Waals surface area contributed by atoms with Crippen molar-refractivity contribution in [1.82, 2.24) is 0 Å². The second-order valence-corrected chi connectivity index (χ2v) is 24.2. The molecule has 21 nitrogen and oxygen atoms in total. The predicted octanol–water partition coefficient (Wildman–Crippen LogP) is -0.249. The van der Waals surface area contributed by atoms with E-state index in [4.69, 9.17) is 42.4 Å². The van der Waals surface area contributed by atoms with Crippen LogP contribution in [0.4, 0.5) is 0 Å². The lowest BCUT2D eigenvalue weighted by molar-refractivity contribution is -0.405. The number of hydrogen-bond acceptors (Lipinski definition) is 20. The van der Waals surface area contributed by atoms with E-state index in [0.29, 0.717) is 19.4 Å². The van der Waals surface area contributed by atoms with E-state index < -0.39 is 133 Å². The lowest BCUT2D eigenvalue weighted by Crippen LogP contribution is -2.68. The first kappa shape index (κ1) is 51.8. The van der Waals surface area contributed by atoms with Gasteiger partial charge in [0, 0.05) is 24.2 Å². The van der Waals surface area contributed by atoms with Gasteiger partial charge in [0.25, 0.3) is 0 Å². The summed E-state index contributed by atoms with van der Waals surface area (Å²) in [5.41, 5.74) is -0.936. The van der Waals surface area contributed by atoms with E-state index in [0.717, 1.165) is 44.1 Å². The smallest absolute Gasteiger partial charge is 0.394 e. The van der Waals surface area contributed by atoms with Gasteiger partial charge in [-0.05, 0) is 93.3 Å². The van der Waals surface area contributed by atoms with Crippen LogP contribution in [0.3, 0.4) is 0 Å². The molecular weight excluding hydrogens is 921 g/mol. The first-order chi connectivity index (χ1) is 31.6. The minimum Gasteiger partial charge on any atom is -0.394 e. The van der Waals surface area contributed by atoms with Gasteiger partial charge in [0.15, 0.2) is 30.9 Å². The van der Waals surface area contributed by atoms with E-state index in [1.54, 1.807) is 0 Å². The third-order valence-electron chi connectivity index (χ3n) is 18.7. The molecule has 5 saturated heterocycles. The Labute approximate surface area is 396 Å². The summed E-state index contributed by atoms with van der Waals surface area (Å²) in [5.74, 6) is -0.396. The van der Waals surface area contributed by atoms with Crippen LogP contribution >= 0.6 is 0 Å². The molecule has 5 heterocycles. The van der Waals surface area contributed by atoms with Gasteiger partial charge < -0.3 is 83.9 Å². The van der Waals surface area contributed by atoms with Crippen molar-refractivity contribution in [3.63, 3.8) is 0 Å². The van der Waals surface area contributed by atoms with Crippen LogP contribution in [0, 0.1) is 45.3 Å². The lowest BCUT2D eigenvalue weighted by Gasteiger charge is -2.70. The summed E-state index contributed by atoms with van der Waals surface area (Å²) in [6, 6.07) is 0. The Hall–Kier alpha value is -1.07. The van der Waals surface area contributed by atoms with Gasteiger partial charge in [-0.1, -0.05) is 39.3 Å². The fourth-order valence-corrected chi connectivity index (χ4v) is 16.1. The molecule has 2 spiro atoms. The molecular formula is C46H74O21S. The highest BCUT2D eigenvalue weighted by Gasteiger charge is 2.81. The molecule has 9 fully saturated rings. The van der Waals surface area contributed by atoms with Crippen molar-refractivity contribution >= 4 is 10.4 Å². The number of aliphatic hydroxyl groups excluding tert-OH is 8. The Morgan fingerprint density at radius 3 is 2.03 bits per heavy atom. The summed E-state index contributed by atoms with van der Waals surface area (Å²) >= 11 is 0. The van der Waals surface area contributed by atoms with Gasteiger partial charge in [-0.3, -0.25) is 4.55 Å². The van der Waals surface area contributed by atoms with Crippen molar-refractivity contribution in [3.8, 4) is 0 Å². The fourth-order valence-electron chi connectivity index (χ4n) is 15.8. The molecule has 9 aliphatic rings. The van der Waals surface area contributed by atoms with E-state index in [9.17, 15) is 54.4 Å². The molecule has 25 atom stereocenters. The molecule has 10 N–H and O–H groups in total. The Balaban J connectivity index is 0.978. The van der Waals surface area contributed by atoms with Crippen molar-refractivity contribution in [2.24, 2.45) is 45.3 Å². The summed E-state index contributed by atoms with van der Waals surface area (Å²) in [7, 11) is -5.05. The van der Waals surface area contributed by atoms with Gasteiger partial charge in [-0.2, -0.15) is 8.42 Å². The molecule has 390 valence electrons. The average molecular weight is 995 g/mol. The largest absolute Gasteiger partial charge is 0.397 e. The highest BCUT2D eigenvalue weighted by Crippen LogP contribution is 2.80. The molecule has 9 rings (SSSR count). The van der Waals surface area contributed by atoms with Gasteiger partial charge in [0.05, 0.1) is 37.6 Å². The molecule has 4 aliphatic carbocycles. The van der Waals surface area contributed by atoms with E-state index in [-0.39, 0.29) is 46.0 Å². The third-order valence-corrected chi connectivity index (χ3v) is 19.1. The Kier molecular flexibility index (Phi) is 13.6. The molecule has 0 amide bonds. The molecule has 0 aromatic rings. The van der Waals surface area contributed by atoms with Gasteiger partial charge in [0.1, 0.15) is 61.0 Å². The second-order valence-electron chi connectivity index (χ2n) is 23.1. The summed E-state index contributed by atoms with van der Waals surface area (Å²) in [6.45, 7) is 14.0. The van der Waals surface area contributed by atoms with Crippen LogP contribution in [0.25, 0.3) is 0 Å². The fraction of sp³-hybridized carbons (Fsp3) is 0.957. The van der Waals surface area contributed by atoms with Crippen LogP contribution in [-0.2, 0) is 52.5 Å². The highest BCUT2D eigenvalue weighted by molar-refractivity contribution is 7.80. The molecule has 0 aromatic carbocycles. The van der Waals surface area contributed by atoms with Crippen molar-refractivity contribution < 1.29 is 101 Å². The van der Waals surface area contributed by atoms with Crippen molar-refractivity contribution in [2.45, 2.75) is 210 Å².